The summed E-state index contributed by atoms with van der Waals surface area (Å²) in [5, 5.41) is 8.84. The van der Waals surface area contributed by atoms with Crippen molar-refractivity contribution >= 4 is 64.4 Å². The molecule has 1 saturated heterocycles. The van der Waals surface area contributed by atoms with Crippen molar-refractivity contribution in [2.45, 2.75) is 0 Å². The average molecular weight is 403 g/mol. The zero-order chi connectivity index (χ0) is 18.9. The van der Waals surface area contributed by atoms with Crippen LogP contribution in [0.25, 0.3) is 6.08 Å². The van der Waals surface area contributed by atoms with Crippen molar-refractivity contribution in [2.24, 2.45) is 0 Å². The topological polar surface area (TPSA) is 87.1 Å². The number of likely N-dealkylation sites (N-methyl/N-ethyl adjacent to an activating group) is 2. The van der Waals surface area contributed by atoms with E-state index < -0.39 is 24.4 Å². The van der Waals surface area contributed by atoms with Gasteiger partial charge in [0.1, 0.15) is 5.57 Å². The number of carbonyl (C=O) groups is 3. The smallest absolute Gasteiger partial charge is 0.341 e. The first-order chi connectivity index (χ1) is 11.6. The van der Waals surface area contributed by atoms with Gasteiger partial charge in [-0.05, 0) is 36.0 Å². The van der Waals surface area contributed by atoms with E-state index in [0.717, 1.165) is 0 Å². The van der Waals surface area contributed by atoms with E-state index in [0.29, 0.717) is 5.56 Å². The van der Waals surface area contributed by atoms with Crippen LogP contribution in [0.2, 0.25) is 10.0 Å². The van der Waals surface area contributed by atoms with Gasteiger partial charge in [0.2, 0.25) is 0 Å². The molecule has 1 heterocycles. The minimum atomic E-state index is -1.18. The lowest BCUT2D eigenvalue weighted by Gasteiger charge is -2.31. The van der Waals surface area contributed by atoms with Crippen molar-refractivity contribution in [3.8, 4) is 5.75 Å². The van der Waals surface area contributed by atoms with Crippen LogP contribution in [0.5, 0.6) is 5.75 Å². The highest BCUT2D eigenvalue weighted by molar-refractivity contribution is 7.80. The Hall–Kier alpha value is -2.16. The van der Waals surface area contributed by atoms with E-state index in [-0.39, 0.29) is 26.5 Å². The number of hydrogen-bond acceptors (Lipinski definition) is 5. The molecule has 1 aliphatic heterocycles. The summed E-state index contributed by atoms with van der Waals surface area (Å²) < 4.78 is 5.01. The molecule has 7 nitrogen and oxygen atoms in total. The lowest BCUT2D eigenvalue weighted by molar-refractivity contribution is -0.139. The Morgan fingerprint density at radius 2 is 1.68 bits per heavy atom. The Morgan fingerprint density at radius 3 is 2.12 bits per heavy atom. The molecule has 1 N–H and O–H groups in total. The quantitative estimate of drug-likeness (QED) is 0.471. The normalized spacial score (nSPS) is 14.9. The average Bonchev–Trinajstić information content (AvgIpc) is 2.54. The van der Waals surface area contributed by atoms with E-state index in [9.17, 15) is 14.4 Å². The highest BCUT2D eigenvalue weighted by Gasteiger charge is 2.35. The van der Waals surface area contributed by atoms with Gasteiger partial charge in [0, 0.05) is 14.1 Å². The summed E-state index contributed by atoms with van der Waals surface area (Å²) in [4.78, 5) is 37.5. The van der Waals surface area contributed by atoms with Crippen LogP contribution in [0.3, 0.4) is 0 Å². The molecule has 0 unspecified atom stereocenters. The molecule has 0 saturated carbocycles. The van der Waals surface area contributed by atoms with Gasteiger partial charge in [0.25, 0.3) is 11.8 Å². The number of benzene rings is 1. The van der Waals surface area contributed by atoms with E-state index in [1.54, 1.807) is 0 Å². The molecule has 0 bridgehead atoms. The molecule has 2 amide bonds. The van der Waals surface area contributed by atoms with Crippen molar-refractivity contribution in [1.29, 1.82) is 0 Å². The largest absolute Gasteiger partial charge is 0.479 e. The first-order valence-corrected chi connectivity index (χ1v) is 7.95. The van der Waals surface area contributed by atoms with Crippen LogP contribution >= 0.6 is 35.4 Å². The highest BCUT2D eigenvalue weighted by Crippen LogP contribution is 2.35. The van der Waals surface area contributed by atoms with Gasteiger partial charge >= 0.3 is 5.97 Å². The molecule has 1 aliphatic rings. The third-order valence-corrected chi connectivity index (χ3v) is 4.42. The maximum absolute atomic E-state index is 12.3. The molecular weight excluding hydrogens is 391 g/mol. The van der Waals surface area contributed by atoms with E-state index in [1.165, 1.54) is 42.1 Å². The molecule has 10 heteroatoms. The SMILES string of the molecule is CN1C(=O)C(=Cc2cc(Cl)c(OCC(=O)O)c(Cl)c2)C(=O)N(C)C1=S. The third-order valence-electron chi connectivity index (χ3n) is 3.32. The molecule has 0 radical (unpaired) electrons. The van der Waals surface area contributed by atoms with Crippen LogP contribution in [-0.2, 0) is 14.4 Å². The maximum atomic E-state index is 12.3. The van der Waals surface area contributed by atoms with Gasteiger partial charge in [0.15, 0.2) is 17.5 Å². The minimum Gasteiger partial charge on any atom is -0.479 e. The maximum Gasteiger partial charge on any atom is 0.341 e. The van der Waals surface area contributed by atoms with Crippen LogP contribution < -0.4 is 4.74 Å². The van der Waals surface area contributed by atoms with E-state index in [2.05, 4.69) is 0 Å². The number of carboxylic acid groups (broad SMARTS) is 1. The number of amides is 2. The van der Waals surface area contributed by atoms with Crippen LogP contribution in [0.4, 0.5) is 0 Å². The van der Waals surface area contributed by atoms with E-state index in [1.807, 2.05) is 0 Å². The minimum absolute atomic E-state index is 0.00425. The number of hydrogen-bond donors (Lipinski definition) is 1. The second-order valence-electron chi connectivity index (χ2n) is 5.07. The standard InChI is InChI=1S/C15H12Cl2N2O5S/c1-18-13(22)8(14(23)19(2)15(18)25)3-7-4-9(16)12(10(17)5-7)24-6-11(20)21/h3-5H,6H2,1-2H3,(H,20,21). The number of nitrogens with zero attached hydrogens (tertiary/aromatic N) is 2. The molecule has 0 atom stereocenters. The second kappa shape index (κ2) is 7.38. The summed E-state index contributed by atoms with van der Waals surface area (Å²) in [6, 6.07) is 2.82. The first kappa shape index (κ1) is 19.2. The van der Waals surface area contributed by atoms with Crippen LogP contribution in [0.15, 0.2) is 17.7 Å². The van der Waals surface area contributed by atoms with Gasteiger partial charge in [-0.25, -0.2) is 4.79 Å². The summed E-state index contributed by atoms with van der Waals surface area (Å²) in [6.45, 7) is -0.607. The van der Waals surface area contributed by atoms with Gasteiger partial charge in [0.05, 0.1) is 10.0 Å². The Morgan fingerprint density at radius 1 is 1.20 bits per heavy atom. The van der Waals surface area contributed by atoms with Gasteiger partial charge in [-0.2, -0.15) is 0 Å². The fourth-order valence-electron chi connectivity index (χ4n) is 2.08. The molecule has 1 aromatic rings. The molecule has 1 fully saturated rings. The summed E-state index contributed by atoms with van der Waals surface area (Å²) in [5.74, 6) is -2.28. The van der Waals surface area contributed by atoms with Gasteiger partial charge in [-0.1, -0.05) is 23.2 Å². The monoisotopic (exact) mass is 402 g/mol. The highest BCUT2D eigenvalue weighted by atomic mass is 35.5. The van der Waals surface area contributed by atoms with E-state index >= 15 is 0 Å². The number of halogens is 2. The Balaban J connectivity index is 2.40. The van der Waals surface area contributed by atoms with Gasteiger partial charge < -0.3 is 9.84 Å². The van der Waals surface area contributed by atoms with Crippen LogP contribution in [-0.4, -0.2) is 58.5 Å². The number of aliphatic carboxylic acids is 1. The fourth-order valence-corrected chi connectivity index (χ4v) is 2.86. The molecule has 0 aromatic heterocycles. The number of ether oxygens (including phenoxy) is 1. The second-order valence-corrected chi connectivity index (χ2v) is 6.24. The Labute approximate surface area is 158 Å². The van der Waals surface area contributed by atoms with Crippen molar-refractivity contribution < 1.29 is 24.2 Å². The lowest BCUT2D eigenvalue weighted by atomic mass is 10.1. The first-order valence-electron chi connectivity index (χ1n) is 6.79. The summed E-state index contributed by atoms with van der Waals surface area (Å²) in [7, 11) is 2.93. The Bertz CT molecular complexity index is 775. The molecular formula is C15H12Cl2N2O5S. The van der Waals surface area contributed by atoms with E-state index in [4.69, 9.17) is 45.3 Å². The number of rotatable bonds is 4. The number of carbonyl (C=O) groups excluding carboxylic acids is 2. The predicted octanol–water partition coefficient (Wildman–Crippen LogP) is 2.06. The molecule has 0 spiro atoms. The fraction of sp³-hybridized carbons (Fsp3) is 0.200. The summed E-state index contributed by atoms with van der Waals surface area (Å²) >= 11 is 17.1. The number of thiocarbonyl (C=S) groups is 1. The van der Waals surface area contributed by atoms with Crippen LogP contribution in [0, 0.1) is 0 Å². The molecule has 25 heavy (non-hydrogen) atoms. The zero-order valence-electron chi connectivity index (χ0n) is 13.1. The third kappa shape index (κ3) is 3.92. The van der Waals surface area contributed by atoms with Crippen molar-refractivity contribution in [2.75, 3.05) is 20.7 Å². The predicted molar refractivity (Wildman–Crippen MR) is 95.7 cm³/mol. The van der Waals surface area contributed by atoms with Crippen molar-refractivity contribution in [3.63, 3.8) is 0 Å². The zero-order valence-corrected chi connectivity index (χ0v) is 15.4. The molecule has 0 aliphatic carbocycles. The summed E-state index contributed by atoms with van der Waals surface area (Å²) in [5.41, 5.74) is 0.272. The molecule has 1 aromatic carbocycles. The van der Waals surface area contributed by atoms with Crippen LogP contribution in [0.1, 0.15) is 5.56 Å². The number of carboxylic acids is 1. The van der Waals surface area contributed by atoms with Crippen molar-refractivity contribution in [3.05, 3.63) is 33.3 Å². The Kier molecular flexibility index (Phi) is 5.66. The van der Waals surface area contributed by atoms with Gasteiger partial charge in [-0.3, -0.25) is 19.4 Å². The van der Waals surface area contributed by atoms with Crippen molar-refractivity contribution in [1.82, 2.24) is 9.80 Å². The summed E-state index contributed by atoms with van der Waals surface area (Å²) in [6.07, 6.45) is 1.33. The lowest BCUT2D eigenvalue weighted by Crippen LogP contribution is -2.52. The van der Waals surface area contributed by atoms with Gasteiger partial charge in [-0.15, -0.1) is 0 Å². The molecule has 132 valence electrons. The molecule has 2 rings (SSSR count).